The van der Waals surface area contributed by atoms with Gasteiger partial charge in [0.1, 0.15) is 18.4 Å². The van der Waals surface area contributed by atoms with E-state index in [4.69, 9.17) is 4.74 Å². The quantitative estimate of drug-likeness (QED) is 0.423. The molecule has 0 saturated carbocycles. The smallest absolute Gasteiger partial charge is 0.350 e. The first-order chi connectivity index (χ1) is 14.4. The van der Waals surface area contributed by atoms with Crippen LogP contribution in [0.3, 0.4) is 0 Å². The fourth-order valence-corrected chi connectivity index (χ4v) is 2.74. The lowest BCUT2D eigenvalue weighted by Crippen LogP contribution is -2.20. The van der Waals surface area contributed by atoms with Crippen molar-refractivity contribution in [3.8, 4) is 5.88 Å². The minimum atomic E-state index is -0.642. The number of hydrogen-bond donors (Lipinski definition) is 2. The number of nitrogens with zero attached hydrogens (tertiary/aromatic N) is 5. The van der Waals surface area contributed by atoms with E-state index < -0.39 is 10.8 Å². The third-order valence-electron chi connectivity index (χ3n) is 4.06. The molecule has 2 amide bonds. The van der Waals surface area contributed by atoms with Crippen LogP contribution < -0.4 is 15.4 Å². The first kappa shape index (κ1) is 20.5. The van der Waals surface area contributed by atoms with Gasteiger partial charge in [-0.2, -0.15) is 5.10 Å². The molecule has 12 nitrogen and oxygen atoms in total. The van der Waals surface area contributed by atoms with Crippen molar-refractivity contribution in [2.45, 2.75) is 20.0 Å². The summed E-state index contributed by atoms with van der Waals surface area (Å²) < 4.78 is 7.52. The van der Waals surface area contributed by atoms with Gasteiger partial charge in [-0.3, -0.25) is 29.1 Å². The Kier molecular flexibility index (Phi) is 6.05. The molecule has 156 valence electrons. The number of carbonyl (C=O) groups is 2. The first-order valence-corrected chi connectivity index (χ1v) is 8.90. The van der Waals surface area contributed by atoms with Gasteiger partial charge < -0.3 is 15.4 Å². The van der Waals surface area contributed by atoms with Crippen LogP contribution in [0.5, 0.6) is 5.88 Å². The molecule has 0 aliphatic rings. The Hall–Kier alpha value is -4.22. The Morgan fingerprint density at radius 3 is 2.60 bits per heavy atom. The second-order valence-electron chi connectivity index (χ2n) is 6.09. The highest BCUT2D eigenvalue weighted by atomic mass is 16.6. The summed E-state index contributed by atoms with van der Waals surface area (Å²) in [5.41, 5.74) is 1.01. The Bertz CT molecular complexity index is 1090. The van der Waals surface area contributed by atoms with E-state index in [1.54, 1.807) is 41.2 Å². The van der Waals surface area contributed by atoms with Crippen molar-refractivity contribution in [3.05, 3.63) is 58.5 Å². The summed E-state index contributed by atoms with van der Waals surface area (Å²) in [6, 6.07) is 8.21. The van der Waals surface area contributed by atoms with Gasteiger partial charge in [0.25, 0.3) is 5.91 Å². The number of methoxy groups -OCH3 is 1. The predicted molar refractivity (Wildman–Crippen MR) is 106 cm³/mol. The van der Waals surface area contributed by atoms with Gasteiger partial charge >= 0.3 is 11.6 Å². The van der Waals surface area contributed by atoms with Gasteiger partial charge in [-0.05, 0) is 31.2 Å². The van der Waals surface area contributed by atoms with E-state index >= 15 is 0 Å². The van der Waals surface area contributed by atoms with E-state index in [-0.39, 0.29) is 24.0 Å². The number of hydrogen-bond acceptors (Lipinski definition) is 7. The summed E-state index contributed by atoms with van der Waals surface area (Å²) in [5, 5.41) is 24.3. The van der Waals surface area contributed by atoms with Gasteiger partial charge in [0.05, 0.1) is 12.0 Å². The fraction of sp³-hybridized carbons (Fsp3) is 0.222. The van der Waals surface area contributed by atoms with Crippen LogP contribution >= 0.6 is 0 Å². The maximum atomic E-state index is 12.4. The standard InChI is InChI=1S/C18H19N7O5/c1-3-24-14(7-8-19-24)17(27)21-13-6-4-5-12(9-13)20-16(26)11-23-10-15(25(28)29)18(22-23)30-2/h4-10H,3,11H2,1-2H3,(H,20,26)(H,21,27). The maximum absolute atomic E-state index is 12.4. The molecule has 12 heteroatoms. The number of amides is 2. The van der Waals surface area contributed by atoms with E-state index in [2.05, 4.69) is 20.8 Å². The van der Waals surface area contributed by atoms with Gasteiger partial charge in [-0.1, -0.05) is 6.07 Å². The van der Waals surface area contributed by atoms with E-state index in [1.165, 1.54) is 7.11 Å². The average molecular weight is 413 g/mol. The zero-order valence-electron chi connectivity index (χ0n) is 16.2. The zero-order chi connectivity index (χ0) is 21.7. The summed E-state index contributed by atoms with van der Waals surface area (Å²) in [5.74, 6) is -0.958. The molecule has 0 radical (unpaired) electrons. The van der Waals surface area contributed by atoms with Crippen LogP contribution in [-0.4, -0.2) is 43.4 Å². The summed E-state index contributed by atoms with van der Waals surface area (Å²) >= 11 is 0. The number of aromatic nitrogens is 4. The summed E-state index contributed by atoms with van der Waals surface area (Å²) in [7, 11) is 1.26. The normalized spacial score (nSPS) is 10.5. The van der Waals surface area contributed by atoms with Gasteiger partial charge in [0.15, 0.2) is 0 Å². The molecule has 1 aromatic carbocycles. The van der Waals surface area contributed by atoms with Crippen LogP contribution in [0.15, 0.2) is 42.7 Å². The molecule has 3 rings (SSSR count). The van der Waals surface area contributed by atoms with Crippen molar-refractivity contribution >= 4 is 28.9 Å². The van der Waals surface area contributed by atoms with Gasteiger partial charge in [-0.15, -0.1) is 5.10 Å². The summed E-state index contributed by atoms with van der Waals surface area (Å²) in [6.07, 6.45) is 2.66. The fourth-order valence-electron chi connectivity index (χ4n) is 2.74. The van der Waals surface area contributed by atoms with E-state index in [9.17, 15) is 19.7 Å². The SMILES string of the molecule is CCn1nccc1C(=O)Nc1cccc(NC(=O)Cn2cc([N+](=O)[O-])c(OC)n2)c1. The molecular weight excluding hydrogens is 394 g/mol. The third-order valence-corrected chi connectivity index (χ3v) is 4.06. The minimum absolute atomic E-state index is 0.177. The van der Waals surface area contributed by atoms with Crippen molar-refractivity contribution in [2.75, 3.05) is 17.7 Å². The second kappa shape index (κ2) is 8.86. The van der Waals surface area contributed by atoms with Crippen LogP contribution in [0.4, 0.5) is 17.1 Å². The van der Waals surface area contributed by atoms with E-state index in [1.807, 2.05) is 6.92 Å². The Morgan fingerprint density at radius 1 is 1.23 bits per heavy atom. The third kappa shape index (κ3) is 4.60. The largest absolute Gasteiger partial charge is 0.475 e. The van der Waals surface area contributed by atoms with Gasteiger partial charge in [0, 0.05) is 24.1 Å². The highest BCUT2D eigenvalue weighted by Gasteiger charge is 2.21. The number of ether oxygens (including phenoxy) is 1. The minimum Gasteiger partial charge on any atom is -0.475 e. The van der Waals surface area contributed by atoms with Crippen LogP contribution in [0.1, 0.15) is 17.4 Å². The van der Waals surface area contributed by atoms with Crippen LogP contribution in [0.2, 0.25) is 0 Å². The molecule has 2 aromatic heterocycles. The van der Waals surface area contributed by atoms with Crippen molar-refractivity contribution in [1.82, 2.24) is 19.6 Å². The van der Waals surface area contributed by atoms with Gasteiger partial charge in [0.2, 0.25) is 5.91 Å². The lowest BCUT2D eigenvalue weighted by molar-refractivity contribution is -0.385. The summed E-state index contributed by atoms with van der Waals surface area (Å²) in [4.78, 5) is 35.0. The second-order valence-corrected chi connectivity index (χ2v) is 6.09. The van der Waals surface area contributed by atoms with Crippen molar-refractivity contribution < 1.29 is 19.2 Å². The Morgan fingerprint density at radius 2 is 1.97 bits per heavy atom. The Balaban J connectivity index is 1.65. The number of aryl methyl sites for hydroxylation is 1. The molecule has 0 saturated heterocycles. The highest BCUT2D eigenvalue weighted by molar-refractivity contribution is 6.03. The number of anilines is 2. The number of benzene rings is 1. The Labute approximate surface area is 170 Å². The molecule has 0 atom stereocenters. The van der Waals surface area contributed by atoms with Crippen molar-refractivity contribution in [1.29, 1.82) is 0 Å². The molecule has 0 spiro atoms. The van der Waals surface area contributed by atoms with Crippen molar-refractivity contribution in [3.63, 3.8) is 0 Å². The van der Waals surface area contributed by atoms with E-state index in [0.717, 1.165) is 10.9 Å². The summed E-state index contributed by atoms with van der Waals surface area (Å²) in [6.45, 7) is 2.18. The van der Waals surface area contributed by atoms with Crippen LogP contribution in [-0.2, 0) is 17.9 Å². The lowest BCUT2D eigenvalue weighted by Gasteiger charge is -2.09. The van der Waals surface area contributed by atoms with Crippen LogP contribution in [0.25, 0.3) is 0 Å². The first-order valence-electron chi connectivity index (χ1n) is 8.90. The van der Waals surface area contributed by atoms with Crippen LogP contribution in [0, 0.1) is 10.1 Å². The molecule has 3 aromatic rings. The molecule has 30 heavy (non-hydrogen) atoms. The topological polar surface area (TPSA) is 146 Å². The van der Waals surface area contributed by atoms with E-state index in [0.29, 0.717) is 23.6 Å². The molecule has 2 heterocycles. The highest BCUT2D eigenvalue weighted by Crippen LogP contribution is 2.24. The number of carbonyl (C=O) groups excluding carboxylic acids is 2. The molecule has 0 unspecified atom stereocenters. The molecular formula is C18H19N7O5. The lowest BCUT2D eigenvalue weighted by atomic mass is 10.2. The predicted octanol–water partition coefficient (Wildman–Crippen LogP) is 1.91. The molecule has 0 bridgehead atoms. The number of rotatable bonds is 8. The van der Waals surface area contributed by atoms with Gasteiger partial charge in [-0.25, -0.2) is 0 Å². The zero-order valence-corrected chi connectivity index (χ0v) is 16.2. The molecule has 0 fully saturated rings. The molecule has 2 N–H and O–H groups in total. The maximum Gasteiger partial charge on any atom is 0.350 e. The number of nitrogens with one attached hydrogen (secondary N) is 2. The number of nitro groups is 1. The van der Waals surface area contributed by atoms with Crippen molar-refractivity contribution in [2.24, 2.45) is 0 Å². The monoisotopic (exact) mass is 413 g/mol. The molecule has 0 aliphatic carbocycles. The molecule has 0 aliphatic heterocycles. The average Bonchev–Trinajstić information content (AvgIpc) is 3.34.